The molecule has 4 rings (SSSR count). The third-order valence-corrected chi connectivity index (χ3v) is 3.08. The van der Waals surface area contributed by atoms with E-state index < -0.39 is 0 Å². The van der Waals surface area contributed by atoms with Crippen LogP contribution in [0.1, 0.15) is 11.1 Å². The molecule has 0 aliphatic carbocycles. The Labute approximate surface area is 92.3 Å². The predicted octanol–water partition coefficient (Wildman–Crippen LogP) is 2.50. The van der Waals surface area contributed by atoms with Gasteiger partial charge in [-0.25, -0.2) is 0 Å². The summed E-state index contributed by atoms with van der Waals surface area (Å²) in [4.78, 5) is 4.27. The summed E-state index contributed by atoms with van der Waals surface area (Å²) in [5.41, 5.74) is 2.50. The Balaban J connectivity index is 2.05. The van der Waals surface area contributed by atoms with Gasteiger partial charge in [0.05, 0.1) is 6.54 Å². The van der Waals surface area contributed by atoms with Gasteiger partial charge in [0, 0.05) is 6.21 Å². The Morgan fingerprint density at radius 3 is 2.50 bits per heavy atom. The summed E-state index contributed by atoms with van der Waals surface area (Å²) in [7, 11) is 0. The number of rotatable bonds is 0. The van der Waals surface area contributed by atoms with Crippen LogP contribution in [0.2, 0.25) is 0 Å². The van der Waals surface area contributed by atoms with Gasteiger partial charge in [-0.3, -0.25) is 4.99 Å². The maximum absolute atomic E-state index is 5.37. The molecule has 2 aromatic carbocycles. The second-order valence-corrected chi connectivity index (χ2v) is 4.07. The van der Waals surface area contributed by atoms with Gasteiger partial charge in [0.25, 0.3) is 0 Å². The zero-order chi connectivity index (χ0) is 10.5. The molecule has 0 aromatic heterocycles. The van der Waals surface area contributed by atoms with Gasteiger partial charge in [-0.1, -0.05) is 0 Å². The van der Waals surface area contributed by atoms with E-state index in [4.69, 9.17) is 9.47 Å². The van der Waals surface area contributed by atoms with Crippen LogP contribution in [0.4, 0.5) is 0 Å². The first kappa shape index (κ1) is 8.16. The van der Waals surface area contributed by atoms with Gasteiger partial charge >= 0.3 is 0 Å². The lowest BCUT2D eigenvalue weighted by Crippen LogP contribution is -1.92. The molecule has 0 bridgehead atoms. The van der Waals surface area contributed by atoms with Crippen LogP contribution in [-0.2, 0) is 6.54 Å². The topological polar surface area (TPSA) is 30.8 Å². The number of aliphatic imine (C=N–C) groups is 1. The van der Waals surface area contributed by atoms with Crippen molar-refractivity contribution < 1.29 is 9.47 Å². The summed E-state index contributed by atoms with van der Waals surface area (Å²) in [5, 5.41) is 2.37. The lowest BCUT2D eigenvalue weighted by molar-refractivity contribution is 0.174. The molecule has 0 amide bonds. The molecule has 0 unspecified atom stereocenters. The third-order valence-electron chi connectivity index (χ3n) is 3.08. The molecule has 0 saturated heterocycles. The number of ether oxygens (including phenoxy) is 2. The van der Waals surface area contributed by atoms with E-state index in [1.807, 2.05) is 18.3 Å². The van der Waals surface area contributed by atoms with E-state index in [0.29, 0.717) is 6.79 Å². The molecule has 3 nitrogen and oxygen atoms in total. The lowest BCUT2D eigenvalue weighted by Gasteiger charge is -2.04. The highest BCUT2D eigenvalue weighted by atomic mass is 16.7. The van der Waals surface area contributed by atoms with Crippen LogP contribution in [0.25, 0.3) is 10.8 Å². The van der Waals surface area contributed by atoms with Gasteiger partial charge in [-0.15, -0.1) is 0 Å². The molecule has 16 heavy (non-hydrogen) atoms. The van der Waals surface area contributed by atoms with Crippen molar-refractivity contribution in [1.82, 2.24) is 0 Å². The van der Waals surface area contributed by atoms with E-state index in [9.17, 15) is 0 Å². The van der Waals surface area contributed by atoms with Gasteiger partial charge in [0.2, 0.25) is 6.79 Å². The molecular formula is C13H9NO2. The summed E-state index contributed by atoms with van der Waals surface area (Å²) in [5.74, 6) is 1.67. The highest BCUT2D eigenvalue weighted by Gasteiger charge is 2.15. The average molecular weight is 211 g/mol. The molecular weight excluding hydrogens is 202 g/mol. The van der Waals surface area contributed by atoms with E-state index in [-0.39, 0.29) is 0 Å². The smallest absolute Gasteiger partial charge is 0.231 e. The highest BCUT2D eigenvalue weighted by Crippen LogP contribution is 2.37. The summed E-state index contributed by atoms with van der Waals surface area (Å²) >= 11 is 0. The fraction of sp³-hybridized carbons (Fsp3) is 0.154. The van der Waals surface area contributed by atoms with Crippen molar-refractivity contribution in [2.75, 3.05) is 6.79 Å². The number of fused-ring (bicyclic) bond motifs is 3. The molecule has 78 valence electrons. The fourth-order valence-corrected chi connectivity index (χ4v) is 2.25. The van der Waals surface area contributed by atoms with Gasteiger partial charge in [-0.2, -0.15) is 0 Å². The number of hydrogen-bond donors (Lipinski definition) is 0. The Morgan fingerprint density at radius 2 is 1.69 bits per heavy atom. The minimum absolute atomic E-state index is 0.326. The molecule has 0 atom stereocenters. The second-order valence-electron chi connectivity index (χ2n) is 4.07. The minimum atomic E-state index is 0.326. The summed E-state index contributed by atoms with van der Waals surface area (Å²) < 4.78 is 10.7. The Morgan fingerprint density at radius 1 is 0.938 bits per heavy atom. The standard InChI is InChI=1S/C13H9NO2/c1-8-3-12-13(16-7-15-12)4-9(8)2-11-6-14-5-10(1)11/h1-5H,6-7H2. The van der Waals surface area contributed by atoms with Crippen molar-refractivity contribution in [3.8, 4) is 11.5 Å². The minimum Gasteiger partial charge on any atom is -0.454 e. The van der Waals surface area contributed by atoms with Gasteiger partial charge < -0.3 is 9.47 Å². The van der Waals surface area contributed by atoms with E-state index in [2.05, 4.69) is 17.1 Å². The molecule has 3 heteroatoms. The Hall–Kier alpha value is -2.03. The largest absolute Gasteiger partial charge is 0.454 e. The zero-order valence-electron chi connectivity index (χ0n) is 8.56. The molecule has 0 saturated carbocycles. The van der Waals surface area contributed by atoms with Crippen molar-refractivity contribution in [2.24, 2.45) is 4.99 Å². The van der Waals surface area contributed by atoms with Crippen LogP contribution < -0.4 is 9.47 Å². The van der Waals surface area contributed by atoms with Crippen LogP contribution in [0.15, 0.2) is 29.3 Å². The Bertz CT molecular complexity index is 621. The van der Waals surface area contributed by atoms with Crippen molar-refractivity contribution in [3.05, 3.63) is 35.4 Å². The molecule has 2 aliphatic heterocycles. The van der Waals surface area contributed by atoms with Gasteiger partial charge in [-0.05, 0) is 46.2 Å². The van der Waals surface area contributed by atoms with Crippen LogP contribution >= 0.6 is 0 Å². The zero-order valence-corrected chi connectivity index (χ0v) is 8.56. The van der Waals surface area contributed by atoms with E-state index >= 15 is 0 Å². The first-order valence-electron chi connectivity index (χ1n) is 5.26. The molecule has 0 radical (unpaired) electrons. The SMILES string of the molecule is C1=NCc2cc3cc4c(cc3cc21)OCO4. The maximum Gasteiger partial charge on any atom is 0.231 e. The second kappa shape index (κ2) is 2.76. The monoisotopic (exact) mass is 211 g/mol. The first-order valence-corrected chi connectivity index (χ1v) is 5.26. The van der Waals surface area contributed by atoms with Crippen LogP contribution in [0, 0.1) is 0 Å². The van der Waals surface area contributed by atoms with Crippen molar-refractivity contribution in [3.63, 3.8) is 0 Å². The van der Waals surface area contributed by atoms with Crippen molar-refractivity contribution in [1.29, 1.82) is 0 Å². The van der Waals surface area contributed by atoms with Gasteiger partial charge in [0.15, 0.2) is 11.5 Å². The van der Waals surface area contributed by atoms with Crippen molar-refractivity contribution in [2.45, 2.75) is 6.54 Å². The van der Waals surface area contributed by atoms with Crippen molar-refractivity contribution >= 4 is 17.0 Å². The highest BCUT2D eigenvalue weighted by molar-refractivity contribution is 5.95. The van der Waals surface area contributed by atoms with E-state index in [0.717, 1.165) is 18.0 Å². The molecule has 0 spiro atoms. The molecule has 2 aromatic rings. The number of hydrogen-bond acceptors (Lipinski definition) is 3. The first-order chi connectivity index (χ1) is 7.90. The molecule has 0 fully saturated rings. The number of benzene rings is 2. The quantitative estimate of drug-likeness (QED) is 0.670. The van der Waals surface area contributed by atoms with Crippen LogP contribution in [0.3, 0.4) is 0 Å². The normalized spacial score (nSPS) is 15.8. The fourth-order valence-electron chi connectivity index (χ4n) is 2.25. The van der Waals surface area contributed by atoms with Gasteiger partial charge in [0.1, 0.15) is 0 Å². The number of nitrogens with zero attached hydrogens (tertiary/aromatic N) is 1. The summed E-state index contributed by atoms with van der Waals surface area (Å²) in [6, 6.07) is 8.41. The third kappa shape index (κ3) is 0.999. The average Bonchev–Trinajstić information content (AvgIpc) is 2.89. The van der Waals surface area contributed by atoms with E-state index in [1.54, 1.807) is 0 Å². The summed E-state index contributed by atoms with van der Waals surface area (Å²) in [6.45, 7) is 1.12. The summed E-state index contributed by atoms with van der Waals surface area (Å²) in [6.07, 6.45) is 1.93. The molecule has 2 heterocycles. The lowest BCUT2D eigenvalue weighted by atomic mass is 10.0. The predicted molar refractivity (Wildman–Crippen MR) is 61.4 cm³/mol. The van der Waals surface area contributed by atoms with Crippen LogP contribution in [0.5, 0.6) is 11.5 Å². The maximum atomic E-state index is 5.37. The Kier molecular flexibility index (Phi) is 1.41. The van der Waals surface area contributed by atoms with Crippen LogP contribution in [-0.4, -0.2) is 13.0 Å². The molecule has 0 N–H and O–H groups in total. The van der Waals surface area contributed by atoms with E-state index in [1.165, 1.54) is 21.9 Å². The molecule has 2 aliphatic rings.